The highest BCUT2D eigenvalue weighted by Gasteiger charge is 2.20. The van der Waals surface area contributed by atoms with Gasteiger partial charge in [-0.25, -0.2) is 0 Å². The molecule has 1 fully saturated rings. The van der Waals surface area contributed by atoms with Gasteiger partial charge in [0.15, 0.2) is 0 Å². The third kappa shape index (κ3) is 2.27. The van der Waals surface area contributed by atoms with Crippen molar-refractivity contribution in [3.63, 3.8) is 0 Å². The molecule has 1 saturated heterocycles. The molecule has 2 heteroatoms. The van der Waals surface area contributed by atoms with E-state index in [4.69, 9.17) is 4.74 Å². The van der Waals surface area contributed by atoms with E-state index in [-0.39, 0.29) is 0 Å². The molecule has 60 valence electrons. The second-order valence-electron chi connectivity index (χ2n) is 3.04. The molecule has 0 amide bonds. The number of ether oxygens (including phenoxy) is 1. The van der Waals surface area contributed by atoms with Crippen LogP contribution in [-0.4, -0.2) is 25.8 Å². The summed E-state index contributed by atoms with van der Waals surface area (Å²) < 4.78 is 5.62. The highest BCUT2D eigenvalue weighted by atomic mass is 16.5. The van der Waals surface area contributed by atoms with Crippen LogP contribution in [0.3, 0.4) is 0 Å². The second kappa shape index (κ2) is 3.94. The summed E-state index contributed by atoms with van der Waals surface area (Å²) in [4.78, 5) is 0. The molecule has 2 atom stereocenters. The van der Waals surface area contributed by atoms with Gasteiger partial charge in [0.1, 0.15) is 0 Å². The van der Waals surface area contributed by atoms with Crippen molar-refractivity contribution in [3.8, 4) is 0 Å². The van der Waals surface area contributed by atoms with Crippen LogP contribution in [-0.2, 0) is 4.74 Å². The SMILES string of the molecule is CNCCC1CCC(C)O1. The van der Waals surface area contributed by atoms with Gasteiger partial charge in [-0.3, -0.25) is 0 Å². The third-order valence-electron chi connectivity index (χ3n) is 2.04. The van der Waals surface area contributed by atoms with Gasteiger partial charge < -0.3 is 10.1 Å². The Morgan fingerprint density at radius 3 is 2.80 bits per heavy atom. The van der Waals surface area contributed by atoms with E-state index in [9.17, 15) is 0 Å². The maximum Gasteiger partial charge on any atom is 0.0591 e. The van der Waals surface area contributed by atoms with Crippen LogP contribution in [0.5, 0.6) is 0 Å². The van der Waals surface area contributed by atoms with Gasteiger partial charge >= 0.3 is 0 Å². The lowest BCUT2D eigenvalue weighted by Gasteiger charge is -2.09. The smallest absolute Gasteiger partial charge is 0.0591 e. The Labute approximate surface area is 63.0 Å². The van der Waals surface area contributed by atoms with Crippen LogP contribution in [0.25, 0.3) is 0 Å². The highest BCUT2D eigenvalue weighted by molar-refractivity contribution is 4.70. The molecule has 1 rings (SSSR count). The molecule has 2 nitrogen and oxygen atoms in total. The van der Waals surface area contributed by atoms with Crippen molar-refractivity contribution >= 4 is 0 Å². The lowest BCUT2D eigenvalue weighted by atomic mass is 10.1. The fourth-order valence-electron chi connectivity index (χ4n) is 1.40. The van der Waals surface area contributed by atoms with Gasteiger partial charge in [0.2, 0.25) is 0 Å². The van der Waals surface area contributed by atoms with Crippen molar-refractivity contribution in [2.75, 3.05) is 13.6 Å². The first-order chi connectivity index (χ1) is 4.83. The minimum Gasteiger partial charge on any atom is -0.375 e. The Morgan fingerprint density at radius 1 is 1.50 bits per heavy atom. The van der Waals surface area contributed by atoms with Crippen molar-refractivity contribution in [1.82, 2.24) is 5.32 Å². The summed E-state index contributed by atoms with van der Waals surface area (Å²) >= 11 is 0. The van der Waals surface area contributed by atoms with Crippen LogP contribution in [0.2, 0.25) is 0 Å². The topological polar surface area (TPSA) is 21.3 Å². The van der Waals surface area contributed by atoms with Gasteiger partial charge in [-0.15, -0.1) is 0 Å². The molecule has 0 aliphatic carbocycles. The van der Waals surface area contributed by atoms with Crippen molar-refractivity contribution in [2.45, 2.75) is 38.4 Å². The van der Waals surface area contributed by atoms with Crippen molar-refractivity contribution in [3.05, 3.63) is 0 Å². The first kappa shape index (κ1) is 8.02. The maximum absolute atomic E-state index is 5.62. The largest absolute Gasteiger partial charge is 0.375 e. The Hall–Kier alpha value is -0.0800. The average Bonchev–Trinajstić information content (AvgIpc) is 2.31. The van der Waals surface area contributed by atoms with Gasteiger partial charge in [-0.1, -0.05) is 0 Å². The second-order valence-corrected chi connectivity index (χ2v) is 3.04. The Kier molecular flexibility index (Phi) is 3.16. The number of hydrogen-bond acceptors (Lipinski definition) is 2. The molecule has 2 unspecified atom stereocenters. The minimum atomic E-state index is 0.502. The first-order valence-corrected chi connectivity index (χ1v) is 4.13. The van der Waals surface area contributed by atoms with Crippen LogP contribution in [0.4, 0.5) is 0 Å². The Morgan fingerprint density at radius 2 is 2.30 bits per heavy atom. The molecule has 0 saturated carbocycles. The summed E-state index contributed by atoms with van der Waals surface area (Å²) in [5, 5.41) is 3.13. The molecule has 1 aliphatic rings. The van der Waals surface area contributed by atoms with Crippen molar-refractivity contribution in [1.29, 1.82) is 0 Å². The monoisotopic (exact) mass is 143 g/mol. The standard InChI is InChI=1S/C8H17NO/c1-7-3-4-8(10-7)5-6-9-2/h7-9H,3-6H2,1-2H3. The highest BCUT2D eigenvalue weighted by Crippen LogP contribution is 2.20. The van der Waals surface area contributed by atoms with E-state index in [2.05, 4.69) is 12.2 Å². The molecule has 0 aromatic rings. The maximum atomic E-state index is 5.62. The third-order valence-corrected chi connectivity index (χ3v) is 2.04. The van der Waals surface area contributed by atoms with E-state index in [1.165, 1.54) is 19.3 Å². The molecular weight excluding hydrogens is 126 g/mol. The van der Waals surface area contributed by atoms with Crippen LogP contribution < -0.4 is 5.32 Å². The zero-order chi connectivity index (χ0) is 7.40. The van der Waals surface area contributed by atoms with Gasteiger partial charge in [0.25, 0.3) is 0 Å². The zero-order valence-electron chi connectivity index (χ0n) is 6.89. The van der Waals surface area contributed by atoms with Gasteiger partial charge in [-0.05, 0) is 39.8 Å². The lowest BCUT2D eigenvalue weighted by Crippen LogP contribution is -2.16. The Bertz CT molecular complexity index is 95.3. The predicted octanol–water partition coefficient (Wildman–Crippen LogP) is 1.16. The molecule has 0 aromatic carbocycles. The summed E-state index contributed by atoms with van der Waals surface area (Å²) in [6.07, 6.45) is 4.70. The van der Waals surface area contributed by atoms with Gasteiger partial charge in [-0.2, -0.15) is 0 Å². The summed E-state index contributed by atoms with van der Waals surface area (Å²) in [5.74, 6) is 0. The molecule has 1 heterocycles. The fraction of sp³-hybridized carbons (Fsp3) is 1.00. The molecule has 0 bridgehead atoms. The van der Waals surface area contributed by atoms with Gasteiger partial charge in [0, 0.05) is 0 Å². The summed E-state index contributed by atoms with van der Waals surface area (Å²) in [6, 6.07) is 0. The number of rotatable bonds is 3. The molecular formula is C8H17NO. The van der Waals surface area contributed by atoms with E-state index in [0.29, 0.717) is 12.2 Å². The molecule has 1 N–H and O–H groups in total. The number of nitrogens with one attached hydrogen (secondary N) is 1. The predicted molar refractivity (Wildman–Crippen MR) is 42.1 cm³/mol. The van der Waals surface area contributed by atoms with E-state index < -0.39 is 0 Å². The molecule has 0 aromatic heterocycles. The molecule has 10 heavy (non-hydrogen) atoms. The Balaban J connectivity index is 2.06. The van der Waals surface area contributed by atoms with Crippen LogP contribution >= 0.6 is 0 Å². The first-order valence-electron chi connectivity index (χ1n) is 4.13. The normalized spacial score (nSPS) is 33.0. The van der Waals surface area contributed by atoms with Crippen LogP contribution in [0.15, 0.2) is 0 Å². The summed E-state index contributed by atoms with van der Waals surface area (Å²) in [7, 11) is 1.98. The zero-order valence-corrected chi connectivity index (χ0v) is 6.89. The van der Waals surface area contributed by atoms with Crippen molar-refractivity contribution in [2.24, 2.45) is 0 Å². The number of hydrogen-bond donors (Lipinski definition) is 1. The molecule has 0 radical (unpaired) electrons. The van der Waals surface area contributed by atoms with E-state index in [1.54, 1.807) is 0 Å². The van der Waals surface area contributed by atoms with Crippen molar-refractivity contribution < 1.29 is 4.74 Å². The average molecular weight is 143 g/mol. The van der Waals surface area contributed by atoms with E-state index >= 15 is 0 Å². The fourth-order valence-corrected chi connectivity index (χ4v) is 1.40. The quantitative estimate of drug-likeness (QED) is 0.640. The lowest BCUT2D eigenvalue weighted by molar-refractivity contribution is 0.0515. The van der Waals surface area contributed by atoms with Crippen LogP contribution in [0, 0.1) is 0 Å². The minimum absolute atomic E-state index is 0.502. The summed E-state index contributed by atoms with van der Waals surface area (Å²) in [5.41, 5.74) is 0. The molecule has 0 spiro atoms. The van der Waals surface area contributed by atoms with Gasteiger partial charge in [0.05, 0.1) is 12.2 Å². The van der Waals surface area contributed by atoms with E-state index in [1.807, 2.05) is 7.05 Å². The summed E-state index contributed by atoms with van der Waals surface area (Å²) in [6.45, 7) is 3.23. The molecule has 1 aliphatic heterocycles. The van der Waals surface area contributed by atoms with E-state index in [0.717, 1.165) is 6.54 Å². The van der Waals surface area contributed by atoms with Crippen LogP contribution in [0.1, 0.15) is 26.2 Å².